The van der Waals surface area contributed by atoms with Gasteiger partial charge < -0.3 is 9.15 Å². The van der Waals surface area contributed by atoms with E-state index in [0.717, 1.165) is 6.61 Å². The van der Waals surface area contributed by atoms with Crippen LogP contribution >= 0.6 is 0 Å². The second kappa shape index (κ2) is 4.97. The third-order valence-electron chi connectivity index (χ3n) is 1.58. The molecule has 62 valence electrons. The van der Waals surface area contributed by atoms with Gasteiger partial charge >= 0.3 is 0 Å². The van der Waals surface area contributed by atoms with Gasteiger partial charge in [0.25, 0.3) is 0 Å². The minimum Gasteiger partial charge on any atom is -0.473 e. The Kier molecular flexibility index (Phi) is 3.76. The fourth-order valence-electron chi connectivity index (χ4n) is 0.965. The van der Waals surface area contributed by atoms with Crippen molar-refractivity contribution in [2.45, 2.75) is 25.9 Å². The Bertz CT molecular complexity index is 135. The smallest absolute Gasteiger partial charge is 0.0902 e. The summed E-state index contributed by atoms with van der Waals surface area (Å²) >= 11 is 0. The fraction of sp³-hybridized carbons (Fsp3) is 0.556. The van der Waals surface area contributed by atoms with Gasteiger partial charge in [-0.25, -0.2) is 0 Å². The van der Waals surface area contributed by atoms with Crippen LogP contribution in [0.1, 0.15) is 19.8 Å². The first-order chi connectivity index (χ1) is 5.39. The zero-order valence-electron chi connectivity index (χ0n) is 6.82. The van der Waals surface area contributed by atoms with E-state index in [9.17, 15) is 0 Å². The second-order valence-electron chi connectivity index (χ2n) is 2.62. The summed E-state index contributed by atoms with van der Waals surface area (Å²) < 4.78 is 9.74. The van der Waals surface area contributed by atoms with E-state index >= 15 is 0 Å². The lowest BCUT2D eigenvalue weighted by Gasteiger charge is -1.94. The Balaban J connectivity index is 0.000000112. The molecule has 2 heterocycles. The van der Waals surface area contributed by atoms with Gasteiger partial charge in [0.05, 0.1) is 18.6 Å². The maximum atomic E-state index is 5.15. The molecule has 1 aliphatic rings. The van der Waals surface area contributed by atoms with Crippen LogP contribution in [0.25, 0.3) is 0 Å². The molecule has 2 heteroatoms. The minimum absolute atomic E-state index is 0.546. The molecular formula is C9H14O2. The van der Waals surface area contributed by atoms with Gasteiger partial charge in [-0.1, -0.05) is 0 Å². The minimum atomic E-state index is 0.546. The summed E-state index contributed by atoms with van der Waals surface area (Å²) in [5.74, 6) is 0. The molecule has 0 N–H and O–H groups in total. The molecule has 1 atom stereocenters. The van der Waals surface area contributed by atoms with E-state index in [2.05, 4.69) is 11.3 Å². The highest BCUT2D eigenvalue weighted by Crippen LogP contribution is 2.09. The van der Waals surface area contributed by atoms with Crippen LogP contribution in [0.4, 0.5) is 0 Å². The Morgan fingerprint density at radius 3 is 2.18 bits per heavy atom. The summed E-state index contributed by atoms with van der Waals surface area (Å²) in [4.78, 5) is 0. The fourth-order valence-corrected chi connectivity index (χ4v) is 0.965. The molecule has 0 bridgehead atoms. The van der Waals surface area contributed by atoms with Crippen molar-refractivity contribution in [3.05, 3.63) is 24.7 Å². The molecule has 0 amide bonds. The highest BCUT2D eigenvalue weighted by molar-refractivity contribution is 4.79. The van der Waals surface area contributed by atoms with Crippen molar-refractivity contribution in [2.24, 2.45) is 0 Å². The number of ether oxygens (including phenoxy) is 1. The van der Waals surface area contributed by atoms with Crippen LogP contribution in [-0.2, 0) is 4.74 Å². The van der Waals surface area contributed by atoms with Crippen LogP contribution in [-0.4, -0.2) is 12.7 Å². The number of rotatable bonds is 0. The second-order valence-corrected chi connectivity index (χ2v) is 2.62. The van der Waals surface area contributed by atoms with Crippen molar-refractivity contribution in [1.29, 1.82) is 0 Å². The highest BCUT2D eigenvalue weighted by Gasteiger charge is 2.07. The molecule has 1 fully saturated rings. The van der Waals surface area contributed by atoms with E-state index in [1.807, 2.05) is 12.1 Å². The van der Waals surface area contributed by atoms with E-state index in [-0.39, 0.29) is 0 Å². The van der Waals surface area contributed by atoms with Crippen molar-refractivity contribution in [2.75, 3.05) is 6.61 Å². The van der Waals surface area contributed by atoms with Crippen molar-refractivity contribution in [3.63, 3.8) is 0 Å². The lowest BCUT2D eigenvalue weighted by atomic mass is 10.3. The molecule has 0 aromatic carbocycles. The molecule has 0 aliphatic carbocycles. The standard InChI is InChI=1S/C5H10O.C4H4O/c1-5-3-2-4-6-5;1-2-4-5-3-1/h5H,2-4H2,1H3;1-4H. The van der Waals surface area contributed by atoms with Crippen LogP contribution in [0, 0.1) is 0 Å². The van der Waals surface area contributed by atoms with Crippen molar-refractivity contribution >= 4 is 0 Å². The zero-order chi connectivity index (χ0) is 7.94. The van der Waals surface area contributed by atoms with Gasteiger partial charge in [0, 0.05) is 6.61 Å². The lowest BCUT2D eigenvalue weighted by Crippen LogP contribution is -1.94. The van der Waals surface area contributed by atoms with Crippen LogP contribution in [0.15, 0.2) is 29.1 Å². The molecule has 1 aliphatic heterocycles. The highest BCUT2D eigenvalue weighted by atomic mass is 16.5. The predicted molar refractivity (Wildman–Crippen MR) is 43.4 cm³/mol. The maximum absolute atomic E-state index is 5.15. The largest absolute Gasteiger partial charge is 0.473 e. The molecule has 11 heavy (non-hydrogen) atoms. The van der Waals surface area contributed by atoms with Crippen molar-refractivity contribution in [1.82, 2.24) is 0 Å². The summed E-state index contributed by atoms with van der Waals surface area (Å²) in [5.41, 5.74) is 0. The number of hydrogen-bond acceptors (Lipinski definition) is 2. The SMILES string of the molecule is CC1CCCO1.c1ccoc1. The molecule has 0 spiro atoms. The van der Waals surface area contributed by atoms with Gasteiger partial charge in [0.15, 0.2) is 0 Å². The zero-order valence-corrected chi connectivity index (χ0v) is 6.82. The van der Waals surface area contributed by atoms with Gasteiger partial charge in [0.1, 0.15) is 0 Å². The first-order valence-electron chi connectivity index (χ1n) is 3.98. The topological polar surface area (TPSA) is 22.4 Å². The van der Waals surface area contributed by atoms with Crippen molar-refractivity contribution in [3.8, 4) is 0 Å². The Hall–Kier alpha value is -0.760. The molecule has 2 nitrogen and oxygen atoms in total. The quantitative estimate of drug-likeness (QED) is 0.572. The molecular weight excluding hydrogens is 140 g/mol. The van der Waals surface area contributed by atoms with Crippen LogP contribution in [0.2, 0.25) is 0 Å². The normalized spacial score (nSPS) is 22.5. The van der Waals surface area contributed by atoms with Gasteiger partial charge in [-0.05, 0) is 31.9 Å². The van der Waals surface area contributed by atoms with E-state index in [0.29, 0.717) is 6.10 Å². The molecule has 2 rings (SSSR count). The Labute approximate surface area is 67.2 Å². The maximum Gasteiger partial charge on any atom is 0.0902 e. The van der Waals surface area contributed by atoms with E-state index in [4.69, 9.17) is 4.74 Å². The van der Waals surface area contributed by atoms with Gasteiger partial charge in [0.2, 0.25) is 0 Å². The molecule has 1 aromatic heterocycles. The van der Waals surface area contributed by atoms with Crippen molar-refractivity contribution < 1.29 is 9.15 Å². The van der Waals surface area contributed by atoms with Gasteiger partial charge in [-0.2, -0.15) is 0 Å². The number of hydrogen-bond donors (Lipinski definition) is 0. The van der Waals surface area contributed by atoms with E-state index in [1.165, 1.54) is 12.8 Å². The van der Waals surface area contributed by atoms with Crippen LogP contribution in [0.5, 0.6) is 0 Å². The van der Waals surface area contributed by atoms with E-state index < -0.39 is 0 Å². The van der Waals surface area contributed by atoms with Crippen LogP contribution < -0.4 is 0 Å². The molecule has 0 radical (unpaired) electrons. The number of furan rings is 1. The van der Waals surface area contributed by atoms with Crippen LogP contribution in [0.3, 0.4) is 0 Å². The Morgan fingerprint density at radius 2 is 2.00 bits per heavy atom. The molecule has 1 saturated heterocycles. The van der Waals surface area contributed by atoms with Gasteiger partial charge in [-0.3, -0.25) is 0 Å². The summed E-state index contributed by atoms with van der Waals surface area (Å²) in [6, 6.07) is 3.67. The average molecular weight is 154 g/mol. The summed E-state index contributed by atoms with van der Waals surface area (Å²) in [6.07, 6.45) is 6.33. The molecule has 1 unspecified atom stereocenters. The first-order valence-corrected chi connectivity index (χ1v) is 3.98. The first kappa shape index (κ1) is 8.34. The summed E-state index contributed by atoms with van der Waals surface area (Å²) in [6.45, 7) is 3.11. The molecule has 1 aromatic rings. The Morgan fingerprint density at radius 1 is 1.27 bits per heavy atom. The summed E-state index contributed by atoms with van der Waals surface area (Å²) in [7, 11) is 0. The van der Waals surface area contributed by atoms with Gasteiger partial charge in [-0.15, -0.1) is 0 Å². The third-order valence-corrected chi connectivity index (χ3v) is 1.58. The monoisotopic (exact) mass is 154 g/mol. The van der Waals surface area contributed by atoms with E-state index in [1.54, 1.807) is 12.5 Å². The average Bonchev–Trinajstić information content (AvgIpc) is 2.57. The predicted octanol–water partition coefficient (Wildman–Crippen LogP) is 2.46. The molecule has 0 saturated carbocycles. The lowest BCUT2D eigenvalue weighted by molar-refractivity contribution is 0.125. The third kappa shape index (κ3) is 3.83. The summed E-state index contributed by atoms with van der Waals surface area (Å²) in [5, 5.41) is 0.